The molecule has 1 rings (SSSR count). The zero-order valence-corrected chi connectivity index (χ0v) is 11.0. The first kappa shape index (κ1) is 12.5. The first-order valence-electron chi connectivity index (χ1n) is 6.42. The molecule has 0 saturated carbocycles. The largest absolute Gasteiger partial charge is 0.0802 e. The van der Waals surface area contributed by atoms with Gasteiger partial charge in [-0.25, -0.2) is 0 Å². The highest BCUT2D eigenvalue weighted by atomic mass is 14.3. The Hall–Kier alpha value is -0.520. The van der Waals surface area contributed by atoms with Gasteiger partial charge in [0, 0.05) is 0 Å². The molecule has 0 N–H and O–H groups in total. The molecule has 0 bridgehead atoms. The Labute approximate surface area is 95.5 Å². The van der Waals surface area contributed by atoms with Crippen LogP contribution in [0, 0.1) is 17.3 Å². The van der Waals surface area contributed by atoms with E-state index in [0.29, 0.717) is 5.41 Å². The van der Waals surface area contributed by atoms with Gasteiger partial charge >= 0.3 is 0 Å². The normalized spacial score (nSPS) is 29.8. The number of rotatable bonds is 4. The van der Waals surface area contributed by atoms with Gasteiger partial charge < -0.3 is 0 Å². The Morgan fingerprint density at radius 3 is 2.33 bits per heavy atom. The molecule has 0 fully saturated rings. The van der Waals surface area contributed by atoms with Crippen LogP contribution in [-0.4, -0.2) is 0 Å². The van der Waals surface area contributed by atoms with Crippen LogP contribution >= 0.6 is 0 Å². The zero-order chi connectivity index (χ0) is 11.5. The molecule has 0 radical (unpaired) electrons. The third-order valence-corrected chi connectivity index (χ3v) is 4.35. The lowest BCUT2D eigenvalue weighted by molar-refractivity contribution is 0.267. The van der Waals surface area contributed by atoms with Crippen molar-refractivity contribution in [2.45, 2.75) is 53.9 Å². The molecule has 0 aromatic rings. The maximum atomic E-state index is 2.46. The fourth-order valence-corrected chi connectivity index (χ4v) is 2.19. The zero-order valence-electron chi connectivity index (χ0n) is 11.0. The van der Waals surface area contributed by atoms with Gasteiger partial charge in [-0.3, -0.25) is 0 Å². The van der Waals surface area contributed by atoms with Crippen LogP contribution < -0.4 is 0 Å². The average molecular weight is 206 g/mol. The minimum absolute atomic E-state index is 0.395. The topological polar surface area (TPSA) is 0 Å². The third-order valence-electron chi connectivity index (χ3n) is 4.35. The minimum Gasteiger partial charge on any atom is -0.0802 e. The van der Waals surface area contributed by atoms with E-state index in [-0.39, 0.29) is 0 Å². The van der Waals surface area contributed by atoms with E-state index in [4.69, 9.17) is 0 Å². The maximum absolute atomic E-state index is 2.46. The average Bonchev–Trinajstić information content (AvgIpc) is 2.28. The van der Waals surface area contributed by atoms with E-state index in [2.05, 4.69) is 52.8 Å². The van der Waals surface area contributed by atoms with Crippen LogP contribution in [0.15, 0.2) is 23.8 Å². The highest BCUT2D eigenvalue weighted by Gasteiger charge is 2.28. The van der Waals surface area contributed by atoms with Crippen LogP contribution in [0.3, 0.4) is 0 Å². The molecule has 0 nitrogen and oxygen atoms in total. The molecule has 0 heterocycles. The highest BCUT2D eigenvalue weighted by molar-refractivity contribution is 5.28. The minimum atomic E-state index is 0.395. The Morgan fingerprint density at radius 1 is 1.27 bits per heavy atom. The first-order valence-corrected chi connectivity index (χ1v) is 6.42. The van der Waals surface area contributed by atoms with Crippen molar-refractivity contribution in [3.8, 4) is 0 Å². The number of hydrogen-bond donors (Lipinski definition) is 0. The molecule has 1 aliphatic rings. The molecule has 0 amide bonds. The summed E-state index contributed by atoms with van der Waals surface area (Å²) in [6, 6.07) is 0. The van der Waals surface area contributed by atoms with Crippen molar-refractivity contribution >= 4 is 0 Å². The molecule has 86 valence electrons. The van der Waals surface area contributed by atoms with Gasteiger partial charge in [0.2, 0.25) is 0 Å². The summed E-state index contributed by atoms with van der Waals surface area (Å²) in [5.41, 5.74) is 1.93. The monoisotopic (exact) mass is 206 g/mol. The molecule has 0 aromatic carbocycles. The Morgan fingerprint density at radius 2 is 1.93 bits per heavy atom. The molecule has 0 aliphatic heterocycles. The van der Waals surface area contributed by atoms with Gasteiger partial charge in [-0.2, -0.15) is 0 Å². The summed E-state index contributed by atoms with van der Waals surface area (Å²) in [6.45, 7) is 11.6. The van der Waals surface area contributed by atoms with Gasteiger partial charge in [0.1, 0.15) is 0 Å². The highest BCUT2D eigenvalue weighted by Crippen LogP contribution is 2.39. The molecule has 0 heteroatoms. The summed E-state index contributed by atoms with van der Waals surface area (Å²) in [5.74, 6) is 1.51. The Kier molecular flexibility index (Phi) is 4.19. The predicted molar refractivity (Wildman–Crippen MR) is 68.9 cm³/mol. The van der Waals surface area contributed by atoms with Gasteiger partial charge in [0.25, 0.3) is 0 Å². The predicted octanol–water partition coefficient (Wildman–Crippen LogP) is 4.97. The first-order chi connectivity index (χ1) is 7.03. The standard InChI is InChI=1S/C15H26/c1-6-12(3)14-8-10-15(5,11-9-14)13(4)7-2/h8-10,12-13H,6-7,11H2,1-5H3. The SMILES string of the molecule is CCC(C)C1=CCC(C)(C(C)CC)C=C1. The second-order valence-electron chi connectivity index (χ2n) is 5.37. The van der Waals surface area contributed by atoms with Crippen LogP contribution in [0.1, 0.15) is 53.9 Å². The van der Waals surface area contributed by atoms with E-state index < -0.39 is 0 Å². The summed E-state index contributed by atoms with van der Waals surface area (Å²) < 4.78 is 0. The van der Waals surface area contributed by atoms with E-state index in [1.165, 1.54) is 19.3 Å². The lowest BCUT2D eigenvalue weighted by Gasteiger charge is -2.34. The van der Waals surface area contributed by atoms with Gasteiger partial charge in [-0.05, 0) is 35.7 Å². The molecule has 0 saturated heterocycles. The van der Waals surface area contributed by atoms with E-state index >= 15 is 0 Å². The third kappa shape index (κ3) is 2.74. The summed E-state index contributed by atoms with van der Waals surface area (Å²) >= 11 is 0. The van der Waals surface area contributed by atoms with Crippen molar-refractivity contribution in [1.82, 2.24) is 0 Å². The fourth-order valence-electron chi connectivity index (χ4n) is 2.19. The molecule has 3 unspecified atom stereocenters. The molecule has 0 spiro atoms. The van der Waals surface area contributed by atoms with E-state index in [1.54, 1.807) is 5.57 Å². The van der Waals surface area contributed by atoms with Crippen molar-refractivity contribution < 1.29 is 0 Å². The summed E-state index contributed by atoms with van der Waals surface area (Å²) in [6.07, 6.45) is 11.0. The summed E-state index contributed by atoms with van der Waals surface area (Å²) in [4.78, 5) is 0. The second-order valence-corrected chi connectivity index (χ2v) is 5.37. The van der Waals surface area contributed by atoms with Crippen molar-refractivity contribution in [3.63, 3.8) is 0 Å². The second kappa shape index (κ2) is 5.01. The maximum Gasteiger partial charge on any atom is -0.00831 e. The fraction of sp³-hybridized carbons (Fsp3) is 0.733. The molecule has 3 atom stereocenters. The van der Waals surface area contributed by atoms with Crippen LogP contribution in [0.5, 0.6) is 0 Å². The van der Waals surface area contributed by atoms with Crippen LogP contribution in [-0.2, 0) is 0 Å². The van der Waals surface area contributed by atoms with Gasteiger partial charge in [-0.1, -0.05) is 59.3 Å². The van der Waals surface area contributed by atoms with Gasteiger partial charge in [0.05, 0.1) is 0 Å². The van der Waals surface area contributed by atoms with Gasteiger partial charge in [0.15, 0.2) is 0 Å². The van der Waals surface area contributed by atoms with Crippen molar-refractivity contribution in [1.29, 1.82) is 0 Å². The van der Waals surface area contributed by atoms with Crippen molar-refractivity contribution in [2.24, 2.45) is 17.3 Å². The lowest BCUT2D eigenvalue weighted by atomic mass is 9.70. The molecule has 0 aromatic heterocycles. The molecular formula is C15H26. The van der Waals surface area contributed by atoms with Gasteiger partial charge in [-0.15, -0.1) is 0 Å². The molecule has 15 heavy (non-hydrogen) atoms. The number of allylic oxidation sites excluding steroid dienone is 4. The smallest absolute Gasteiger partial charge is 0.00831 e. The molecule has 1 aliphatic carbocycles. The summed E-state index contributed by atoms with van der Waals surface area (Å²) in [5, 5.41) is 0. The van der Waals surface area contributed by atoms with E-state index in [9.17, 15) is 0 Å². The Balaban J connectivity index is 2.70. The van der Waals surface area contributed by atoms with Crippen LogP contribution in [0.25, 0.3) is 0 Å². The lowest BCUT2D eigenvalue weighted by Crippen LogP contribution is -2.24. The van der Waals surface area contributed by atoms with Crippen LogP contribution in [0.4, 0.5) is 0 Å². The quantitative estimate of drug-likeness (QED) is 0.609. The number of hydrogen-bond acceptors (Lipinski definition) is 0. The molecular weight excluding hydrogens is 180 g/mol. The summed E-state index contributed by atoms with van der Waals surface area (Å²) in [7, 11) is 0. The van der Waals surface area contributed by atoms with E-state index in [1.807, 2.05) is 0 Å². The van der Waals surface area contributed by atoms with Crippen molar-refractivity contribution in [2.75, 3.05) is 0 Å². The van der Waals surface area contributed by atoms with E-state index in [0.717, 1.165) is 11.8 Å². The van der Waals surface area contributed by atoms with Crippen molar-refractivity contribution in [3.05, 3.63) is 23.8 Å². The Bertz CT molecular complexity index is 259. The van der Waals surface area contributed by atoms with Crippen LogP contribution in [0.2, 0.25) is 0 Å².